The predicted molar refractivity (Wildman–Crippen MR) is 132 cm³/mol. The van der Waals surface area contributed by atoms with Gasteiger partial charge in [0.1, 0.15) is 5.75 Å². The van der Waals surface area contributed by atoms with Crippen molar-refractivity contribution in [3.63, 3.8) is 0 Å². The summed E-state index contributed by atoms with van der Waals surface area (Å²) in [4.78, 5) is 2.45. The predicted octanol–water partition coefficient (Wildman–Crippen LogP) is 5.81. The second-order valence-corrected chi connectivity index (χ2v) is 10.8. The van der Waals surface area contributed by atoms with Gasteiger partial charge in [0.05, 0.1) is 4.90 Å². The number of nitrogens with one attached hydrogen (secondary N) is 1. The number of anilines is 2. The van der Waals surface area contributed by atoms with Gasteiger partial charge < -0.3 is 9.64 Å². The molecule has 1 fully saturated rings. The van der Waals surface area contributed by atoms with Gasteiger partial charge in [0, 0.05) is 23.5 Å². The molecule has 3 aromatic rings. The van der Waals surface area contributed by atoms with Crippen LogP contribution in [0.2, 0.25) is 0 Å². The van der Waals surface area contributed by atoms with E-state index in [-0.39, 0.29) is 22.7 Å². The van der Waals surface area contributed by atoms with E-state index in [1.165, 1.54) is 46.8 Å². The second kappa shape index (κ2) is 9.95. The zero-order valence-electron chi connectivity index (χ0n) is 19.2. The molecule has 2 aliphatic rings. The summed E-state index contributed by atoms with van der Waals surface area (Å²) < 4.78 is 58.1. The maximum atomic E-state index is 13.1. The fraction of sp³-hybridized carbons (Fsp3) is 0.333. The molecule has 184 valence electrons. The highest BCUT2D eigenvalue weighted by molar-refractivity contribution is 7.89. The van der Waals surface area contributed by atoms with E-state index in [0.29, 0.717) is 6.42 Å². The molecule has 1 heterocycles. The molecule has 1 saturated carbocycles. The van der Waals surface area contributed by atoms with Crippen molar-refractivity contribution >= 4 is 21.4 Å². The summed E-state index contributed by atoms with van der Waals surface area (Å²) in [6.07, 6.45) is 5.24. The lowest BCUT2D eigenvalue weighted by molar-refractivity contribution is -0.0498. The number of hydrogen-bond donors (Lipinski definition) is 1. The molecule has 0 bridgehead atoms. The SMILES string of the molecule is O=S(=O)(N[C@H]1CCC[C@@H](N2c3ccccc3CCc3ccccc32)C1)c1ccc(OC(F)F)cc1. The van der Waals surface area contributed by atoms with Crippen LogP contribution in [0.5, 0.6) is 5.75 Å². The molecule has 0 radical (unpaired) electrons. The zero-order valence-corrected chi connectivity index (χ0v) is 20.1. The van der Waals surface area contributed by atoms with E-state index in [2.05, 4.69) is 62.9 Å². The number of aryl methyl sites for hydroxylation is 2. The number of rotatable bonds is 6. The molecule has 35 heavy (non-hydrogen) atoms. The Hall–Kier alpha value is -2.97. The second-order valence-electron chi connectivity index (χ2n) is 9.12. The molecule has 0 spiro atoms. The van der Waals surface area contributed by atoms with Crippen LogP contribution in [0.3, 0.4) is 0 Å². The van der Waals surface area contributed by atoms with Gasteiger partial charge in [-0.15, -0.1) is 0 Å². The van der Waals surface area contributed by atoms with Gasteiger partial charge in [0.25, 0.3) is 0 Å². The molecular weight excluding hydrogens is 470 g/mol. The standard InChI is InChI=1S/C27H28F2N2O3S/c28-27(29)34-23-14-16-24(17-15-23)35(32,33)30-21-8-5-9-22(18-21)31-25-10-3-1-6-19(25)12-13-20-7-2-4-11-26(20)31/h1-4,6-7,10-11,14-17,21-22,27,30H,5,8-9,12-13,18H2/t21-,22+/m0/s1. The van der Waals surface area contributed by atoms with Gasteiger partial charge >= 0.3 is 6.61 Å². The number of nitrogens with zero attached hydrogens (tertiary/aromatic N) is 1. The fourth-order valence-corrected chi connectivity index (χ4v) is 6.58. The van der Waals surface area contributed by atoms with Crippen molar-refractivity contribution in [2.45, 2.75) is 62.1 Å². The van der Waals surface area contributed by atoms with Gasteiger partial charge in [-0.25, -0.2) is 13.1 Å². The Bertz CT molecular complexity index is 1230. The van der Waals surface area contributed by atoms with E-state index in [9.17, 15) is 17.2 Å². The number of ether oxygens (including phenoxy) is 1. The first kappa shape index (κ1) is 23.8. The summed E-state index contributed by atoms with van der Waals surface area (Å²) in [7, 11) is -3.80. The lowest BCUT2D eigenvalue weighted by Crippen LogP contribution is -2.44. The first-order valence-corrected chi connectivity index (χ1v) is 13.4. The topological polar surface area (TPSA) is 58.6 Å². The maximum Gasteiger partial charge on any atom is 0.387 e. The van der Waals surface area contributed by atoms with Crippen LogP contribution < -0.4 is 14.4 Å². The molecule has 8 heteroatoms. The molecule has 1 aliphatic carbocycles. The van der Waals surface area contributed by atoms with Gasteiger partial charge in [-0.1, -0.05) is 36.4 Å². The van der Waals surface area contributed by atoms with E-state index in [1.807, 2.05) is 0 Å². The minimum atomic E-state index is -3.80. The highest BCUT2D eigenvalue weighted by Crippen LogP contribution is 2.41. The zero-order chi connectivity index (χ0) is 24.4. The lowest BCUT2D eigenvalue weighted by atomic mass is 9.89. The van der Waals surface area contributed by atoms with Gasteiger partial charge in [-0.2, -0.15) is 8.78 Å². The van der Waals surface area contributed by atoms with Crippen molar-refractivity contribution in [3.8, 4) is 5.75 Å². The Morgan fingerprint density at radius 2 is 1.46 bits per heavy atom. The molecule has 3 aromatic carbocycles. The summed E-state index contributed by atoms with van der Waals surface area (Å²) in [6, 6.07) is 21.9. The van der Waals surface area contributed by atoms with Crippen LogP contribution in [-0.4, -0.2) is 27.1 Å². The van der Waals surface area contributed by atoms with Crippen LogP contribution in [0.4, 0.5) is 20.2 Å². The molecule has 5 nitrogen and oxygen atoms in total. The molecular formula is C27H28F2N2O3S. The molecule has 0 amide bonds. The minimum Gasteiger partial charge on any atom is -0.435 e. The molecule has 1 N–H and O–H groups in total. The number of para-hydroxylation sites is 2. The number of fused-ring (bicyclic) bond motifs is 2. The van der Waals surface area contributed by atoms with E-state index < -0.39 is 16.6 Å². The van der Waals surface area contributed by atoms with Crippen LogP contribution in [-0.2, 0) is 22.9 Å². The van der Waals surface area contributed by atoms with Gasteiger partial charge in [0.2, 0.25) is 10.0 Å². The summed E-state index contributed by atoms with van der Waals surface area (Å²) in [5.74, 6) is -0.0739. The minimum absolute atomic E-state index is 0.0340. The first-order chi connectivity index (χ1) is 16.9. The molecule has 1 aliphatic heterocycles. The number of benzene rings is 3. The summed E-state index contributed by atoms with van der Waals surface area (Å²) >= 11 is 0. The van der Waals surface area contributed by atoms with Crippen molar-refractivity contribution in [1.29, 1.82) is 0 Å². The molecule has 5 rings (SSSR count). The van der Waals surface area contributed by atoms with Crippen LogP contribution >= 0.6 is 0 Å². The Balaban J connectivity index is 1.38. The normalized spacial score (nSPS) is 20.1. The Kier molecular flexibility index (Phi) is 6.75. The van der Waals surface area contributed by atoms with E-state index in [0.717, 1.165) is 32.1 Å². The van der Waals surface area contributed by atoms with Crippen molar-refractivity contribution in [1.82, 2.24) is 4.72 Å². The average Bonchev–Trinajstić information content (AvgIpc) is 3.01. The van der Waals surface area contributed by atoms with Crippen LogP contribution in [0.15, 0.2) is 77.7 Å². The summed E-state index contributed by atoms with van der Waals surface area (Å²) in [5, 5.41) is 0. The van der Waals surface area contributed by atoms with Crippen LogP contribution in [0, 0.1) is 0 Å². The van der Waals surface area contributed by atoms with Crippen LogP contribution in [0.25, 0.3) is 0 Å². The quantitative estimate of drug-likeness (QED) is 0.466. The van der Waals surface area contributed by atoms with Crippen molar-refractivity contribution in [3.05, 3.63) is 83.9 Å². The fourth-order valence-electron chi connectivity index (χ4n) is 5.30. The average molecular weight is 499 g/mol. The van der Waals surface area contributed by atoms with E-state index in [1.54, 1.807) is 0 Å². The molecule has 0 saturated heterocycles. The third-order valence-electron chi connectivity index (χ3n) is 6.86. The number of alkyl halides is 2. The summed E-state index contributed by atoms with van der Waals surface area (Å²) in [5.41, 5.74) is 5.00. The van der Waals surface area contributed by atoms with Gasteiger partial charge in [-0.3, -0.25) is 0 Å². The lowest BCUT2D eigenvalue weighted by Gasteiger charge is -2.40. The maximum absolute atomic E-state index is 13.1. The van der Waals surface area contributed by atoms with E-state index >= 15 is 0 Å². The van der Waals surface area contributed by atoms with Gasteiger partial charge in [0.15, 0.2) is 0 Å². The van der Waals surface area contributed by atoms with Crippen molar-refractivity contribution < 1.29 is 21.9 Å². The molecule has 0 unspecified atom stereocenters. The Morgan fingerprint density at radius 1 is 0.857 bits per heavy atom. The van der Waals surface area contributed by atoms with Gasteiger partial charge in [-0.05, 0) is 86.1 Å². The number of halogens is 2. The largest absolute Gasteiger partial charge is 0.435 e. The highest BCUT2D eigenvalue weighted by atomic mass is 32.2. The van der Waals surface area contributed by atoms with Crippen LogP contribution in [0.1, 0.15) is 36.8 Å². The summed E-state index contributed by atoms with van der Waals surface area (Å²) in [6.45, 7) is -2.95. The number of sulfonamides is 1. The van der Waals surface area contributed by atoms with Crippen molar-refractivity contribution in [2.24, 2.45) is 0 Å². The third kappa shape index (κ3) is 5.18. The Labute approximate surface area is 204 Å². The first-order valence-electron chi connectivity index (χ1n) is 11.9. The molecule has 0 aromatic heterocycles. The van der Waals surface area contributed by atoms with E-state index in [4.69, 9.17) is 0 Å². The smallest absolute Gasteiger partial charge is 0.387 e. The molecule has 2 atom stereocenters. The van der Waals surface area contributed by atoms with Crippen molar-refractivity contribution in [2.75, 3.05) is 4.90 Å². The number of hydrogen-bond acceptors (Lipinski definition) is 4. The highest BCUT2D eigenvalue weighted by Gasteiger charge is 2.33. The Morgan fingerprint density at radius 3 is 2.06 bits per heavy atom. The third-order valence-corrected chi connectivity index (χ3v) is 8.40. The monoisotopic (exact) mass is 498 g/mol.